The molecule has 12 amide bonds. The number of amides is 12. The van der Waals surface area contributed by atoms with Crippen LogP contribution in [0.25, 0.3) is 0 Å². The Morgan fingerprint density at radius 2 is 0.770 bits per heavy atom. The van der Waals surface area contributed by atoms with E-state index in [1.54, 1.807) is 66.3 Å². The van der Waals surface area contributed by atoms with Gasteiger partial charge in [0.15, 0.2) is 17.5 Å². The van der Waals surface area contributed by atoms with Gasteiger partial charge in [0.25, 0.3) is 53.2 Å². The Hall–Kier alpha value is -12.4. The second kappa shape index (κ2) is 33.0. The average molecular weight is 1380 g/mol. The van der Waals surface area contributed by atoms with E-state index < -0.39 is 77.6 Å². The van der Waals surface area contributed by atoms with Crippen LogP contribution in [0.3, 0.4) is 0 Å². The van der Waals surface area contributed by atoms with Crippen LogP contribution in [0.1, 0.15) is 116 Å². The average Bonchev–Trinajstić information content (AvgIpc) is 1.69. The highest BCUT2D eigenvalue weighted by Crippen LogP contribution is 2.21. The third-order valence-electron chi connectivity index (χ3n) is 15.2. The Kier molecular flexibility index (Phi) is 24.2. The Labute approximate surface area is 571 Å². The number of imidazole rings is 3. The number of aromatic nitrogens is 11. The van der Waals surface area contributed by atoms with Gasteiger partial charge in [0.2, 0.25) is 29.4 Å². The fourth-order valence-electron chi connectivity index (χ4n) is 10.1. The van der Waals surface area contributed by atoms with Gasteiger partial charge in [0.1, 0.15) is 34.6 Å². The molecule has 37 nitrogen and oxygen atoms in total. The predicted octanol–water partition coefficient (Wildman–Crippen LogP) is 0.413. The number of hydrogen-bond acceptors (Lipinski definition) is 17. The molecule has 0 radical (unpaired) electrons. The number of rotatable bonds is 32. The predicted molar refractivity (Wildman–Crippen MR) is 364 cm³/mol. The van der Waals surface area contributed by atoms with Crippen LogP contribution in [-0.4, -0.2) is 192 Å². The van der Waals surface area contributed by atoms with Gasteiger partial charge >= 0.3 is 0 Å². The molecule has 0 saturated carbocycles. The Balaban J connectivity index is 0.708. The maximum Gasteiger partial charge on any atom is 0.291 e. The van der Waals surface area contributed by atoms with Crippen molar-refractivity contribution in [2.75, 3.05) is 90.6 Å². The summed E-state index contributed by atoms with van der Waals surface area (Å²) in [5, 5.41) is 42.6. The van der Waals surface area contributed by atoms with Gasteiger partial charge < -0.3 is 110 Å². The minimum atomic E-state index is -1.76. The van der Waals surface area contributed by atoms with Crippen molar-refractivity contribution in [2.45, 2.75) is 38.2 Å². The minimum absolute atomic E-state index is 0.00527. The third kappa shape index (κ3) is 19.6. The first-order valence-electron chi connectivity index (χ1n) is 31.2. The Morgan fingerprint density at radius 3 is 1.22 bits per heavy atom. The Morgan fingerprint density at radius 1 is 0.390 bits per heavy atom. The molecule has 1 atom stereocenters. The maximum atomic E-state index is 13.4. The number of nitrogens with zero attached hydrogens (tertiary/aromatic N) is 12. The van der Waals surface area contributed by atoms with Crippen molar-refractivity contribution in [2.24, 2.45) is 56.4 Å². The van der Waals surface area contributed by atoms with Crippen molar-refractivity contribution in [1.29, 1.82) is 0 Å². The van der Waals surface area contributed by atoms with E-state index in [-0.39, 0.29) is 126 Å². The van der Waals surface area contributed by atoms with Crippen molar-refractivity contribution in [3.8, 4) is 0 Å². The molecule has 8 rings (SSSR count). The van der Waals surface area contributed by atoms with Gasteiger partial charge in [-0.1, -0.05) is 0 Å². The van der Waals surface area contributed by atoms with Crippen LogP contribution >= 0.6 is 0 Å². The highest BCUT2D eigenvalue weighted by molar-refractivity contribution is 6.08. The monoisotopic (exact) mass is 1380 g/mol. The fourth-order valence-corrected chi connectivity index (χ4v) is 10.1. The Bertz CT molecular complexity index is 4410. The van der Waals surface area contributed by atoms with Crippen LogP contribution in [0.2, 0.25) is 0 Å². The van der Waals surface area contributed by atoms with Crippen LogP contribution in [0, 0.1) is 0 Å². The summed E-state index contributed by atoms with van der Waals surface area (Å²) in [5.74, 6) is -6.50. The molecular formula is C63H80N24O13. The summed E-state index contributed by atoms with van der Waals surface area (Å²) in [4.78, 5) is 170. The molecule has 0 bridgehead atoms. The molecule has 0 aliphatic carbocycles. The normalized spacial score (nSPS) is 11.3. The van der Waals surface area contributed by atoms with E-state index in [1.807, 2.05) is 19.0 Å². The van der Waals surface area contributed by atoms with Gasteiger partial charge in [0.05, 0.1) is 35.0 Å². The summed E-state index contributed by atoms with van der Waals surface area (Å²) in [5.41, 5.74) is 2.31. The lowest BCUT2D eigenvalue weighted by atomic mass is 10.2. The summed E-state index contributed by atoms with van der Waals surface area (Å²) in [6, 6.07) is 7.23. The lowest BCUT2D eigenvalue weighted by molar-refractivity contribution is -0.124. The van der Waals surface area contributed by atoms with Crippen LogP contribution < -0.4 is 63.8 Å². The highest BCUT2D eigenvalue weighted by atomic mass is 16.3. The molecule has 0 fully saturated rings. The van der Waals surface area contributed by atoms with Crippen LogP contribution in [-0.2, 0) is 75.6 Å². The lowest BCUT2D eigenvalue weighted by Gasteiger charge is -2.11. The summed E-state index contributed by atoms with van der Waals surface area (Å²) in [6.45, 7) is 0.989. The zero-order chi connectivity index (χ0) is 72.6. The van der Waals surface area contributed by atoms with E-state index in [0.29, 0.717) is 17.9 Å². The van der Waals surface area contributed by atoms with Crippen molar-refractivity contribution in [3.63, 3.8) is 0 Å². The molecule has 13 N–H and O–H groups in total. The first-order valence-corrected chi connectivity index (χ1v) is 31.2. The molecule has 0 aromatic carbocycles. The van der Waals surface area contributed by atoms with Gasteiger partial charge in [-0.05, 0) is 63.8 Å². The summed E-state index contributed by atoms with van der Waals surface area (Å²) >= 11 is 0. The minimum Gasteiger partial charge on any atom is -0.381 e. The standard InChI is InChI=1S/C63H80N24O13/c1-79(2)21-12-17-64-49(89)14-18-67-56(93)43-27-40(33-83(43)6)74-63(100)54-77-48(35-87(54)10)78-60(97)46(88)28-69-58(95)44-24-37(30-84(44)7)71-59(96)45-23-36(29-85(45)8)70-50(90)13-11-16-66-55(92)41-26-39(32-81(41)4)73-62(99)53-76-47(34-86(53)9)75-51(91)15-19-68-57(94)42-25-38(31-82(42)5)72-61(98)52-65-20-22-80(52)3/h20,22-27,29-35,46,88H,11-19,21,28H2,1-10H3,(H,64,89)(H,66,92)(H,67,93)(H,68,94)(H,69,95)(H,70,90)(H,71,96)(H,72,98)(H,73,99)(H,74,100)(H,75,91)(H,78,97)/t46-/m0/s1. The van der Waals surface area contributed by atoms with Crippen molar-refractivity contribution in [1.82, 2.24) is 83.0 Å². The number of nitrogens with one attached hydrogen (secondary N) is 12. The van der Waals surface area contributed by atoms with Crippen molar-refractivity contribution < 1.29 is 62.6 Å². The third-order valence-corrected chi connectivity index (χ3v) is 15.2. The number of aliphatic hydroxyl groups excluding tert-OH is 1. The van der Waals surface area contributed by atoms with Crippen LogP contribution in [0.4, 0.5) is 40.1 Å². The maximum absolute atomic E-state index is 13.4. The zero-order valence-electron chi connectivity index (χ0n) is 56.7. The number of aryl methyl sites for hydroxylation is 8. The van der Waals surface area contributed by atoms with E-state index in [2.05, 4.69) is 78.8 Å². The molecule has 8 heterocycles. The molecule has 0 saturated heterocycles. The van der Waals surface area contributed by atoms with Crippen LogP contribution in [0.15, 0.2) is 86.1 Å². The quantitative estimate of drug-likeness (QED) is 0.0254. The number of aliphatic hydroxyl groups is 1. The van der Waals surface area contributed by atoms with E-state index >= 15 is 0 Å². The highest BCUT2D eigenvalue weighted by Gasteiger charge is 2.25. The second-order valence-corrected chi connectivity index (χ2v) is 23.6. The fraction of sp³-hybridized carbons (Fsp3) is 0.349. The van der Waals surface area contributed by atoms with Crippen LogP contribution in [0.5, 0.6) is 0 Å². The van der Waals surface area contributed by atoms with E-state index in [4.69, 9.17) is 0 Å². The lowest BCUT2D eigenvalue weighted by Crippen LogP contribution is -2.40. The van der Waals surface area contributed by atoms with E-state index in [0.717, 1.165) is 13.0 Å². The first-order chi connectivity index (χ1) is 47.5. The van der Waals surface area contributed by atoms with Gasteiger partial charge in [-0.3, -0.25) is 57.5 Å². The second-order valence-electron chi connectivity index (χ2n) is 23.6. The van der Waals surface area contributed by atoms with Gasteiger partial charge in [-0.15, -0.1) is 0 Å². The van der Waals surface area contributed by atoms with Gasteiger partial charge in [0, 0.05) is 158 Å². The number of carbonyl (C=O) groups is 12. The summed E-state index contributed by atoms with van der Waals surface area (Å²) in [6.07, 6.45) is 12.7. The molecule has 0 unspecified atom stereocenters. The van der Waals surface area contributed by atoms with Gasteiger partial charge in [-0.2, -0.15) is 0 Å². The summed E-state index contributed by atoms with van der Waals surface area (Å²) < 4.78 is 11.7. The molecule has 8 aromatic heterocycles. The zero-order valence-corrected chi connectivity index (χ0v) is 56.7. The van der Waals surface area contributed by atoms with E-state index in [1.165, 1.54) is 113 Å². The number of hydrogen-bond donors (Lipinski definition) is 13. The molecule has 0 aliphatic rings. The molecule has 0 spiro atoms. The van der Waals surface area contributed by atoms with Crippen molar-refractivity contribution >= 4 is 111 Å². The smallest absolute Gasteiger partial charge is 0.291 e. The molecule has 8 aromatic rings. The molecular weight excluding hydrogens is 1300 g/mol. The summed E-state index contributed by atoms with van der Waals surface area (Å²) in [7, 11) is 16.6. The van der Waals surface area contributed by atoms with Gasteiger partial charge in [-0.25, -0.2) is 15.0 Å². The largest absolute Gasteiger partial charge is 0.381 e. The molecule has 0 aliphatic heterocycles. The molecule has 37 heteroatoms. The van der Waals surface area contributed by atoms with Crippen molar-refractivity contribution in [3.05, 3.63) is 132 Å². The molecule has 530 valence electrons. The SMILES string of the molecule is CN(C)CCCNC(=O)CCNC(=O)c1cc(NC(=O)c2nc(NC(=O)[C@@H](O)CNC(=O)c3cc(NC(=O)c4cc(NC(=O)CCCNC(=O)c5cc(NC(=O)c6nc(NC(=O)CCNC(=O)c7cc(NC(=O)c8nccn8C)cn7C)cn6C)cn5C)cn4C)cn3C)cn2C)cn1C. The molecule has 100 heavy (non-hydrogen) atoms. The first kappa shape index (κ1) is 73.4. The topological polar surface area (TPSA) is 451 Å². The number of carbonyl (C=O) groups excluding carboxylic acids is 12. The number of anilines is 7. The van der Waals surface area contributed by atoms with E-state index in [9.17, 15) is 62.6 Å².